The lowest BCUT2D eigenvalue weighted by molar-refractivity contribution is 0.289. The van der Waals surface area contributed by atoms with Gasteiger partial charge in [0.05, 0.1) is 38.2 Å². The van der Waals surface area contributed by atoms with Gasteiger partial charge in [0.15, 0.2) is 23.0 Å². The first-order valence-electron chi connectivity index (χ1n) is 11.0. The molecule has 2 rings (SSSR count). The van der Waals surface area contributed by atoms with Gasteiger partial charge >= 0.3 is 0 Å². The Hall–Kier alpha value is -2.54. The van der Waals surface area contributed by atoms with Gasteiger partial charge in [0.1, 0.15) is 0 Å². The van der Waals surface area contributed by atoms with E-state index in [4.69, 9.17) is 18.9 Å². The van der Waals surface area contributed by atoms with Crippen LogP contribution in [0.2, 0.25) is 0 Å². The number of hydrogen-bond donors (Lipinski definition) is 0. The van der Waals surface area contributed by atoms with Crippen LogP contribution in [0, 0.1) is 0 Å². The molecule has 0 heterocycles. The summed E-state index contributed by atoms with van der Waals surface area (Å²) in [7, 11) is -2.12. The van der Waals surface area contributed by atoms with Crippen LogP contribution in [0.4, 0.5) is 0 Å². The SMILES string of the molecule is CCN(CC(C)N(CC)S(=O)(=O)c1ccc(OC)c(OC)c1)S(=O)(=O)c1ccc(OC)c(OC)c1. The van der Waals surface area contributed by atoms with Crippen LogP contribution in [0.25, 0.3) is 0 Å². The lowest BCUT2D eigenvalue weighted by Gasteiger charge is -2.31. The molecule has 0 aliphatic heterocycles. The third-order valence-corrected chi connectivity index (χ3v) is 9.60. The van der Waals surface area contributed by atoms with Gasteiger partial charge in [-0.2, -0.15) is 8.61 Å². The van der Waals surface area contributed by atoms with Crippen molar-refractivity contribution >= 4 is 20.0 Å². The van der Waals surface area contributed by atoms with Crippen molar-refractivity contribution in [1.82, 2.24) is 8.61 Å². The normalized spacial score (nSPS) is 13.1. The molecule has 0 saturated heterocycles. The Kier molecular flexibility index (Phi) is 9.78. The van der Waals surface area contributed by atoms with Crippen molar-refractivity contribution in [2.45, 2.75) is 36.6 Å². The zero-order valence-corrected chi connectivity index (χ0v) is 22.8. The van der Waals surface area contributed by atoms with Crippen molar-refractivity contribution in [3.63, 3.8) is 0 Å². The Morgan fingerprint density at radius 3 is 1.49 bits per heavy atom. The summed E-state index contributed by atoms with van der Waals surface area (Å²) >= 11 is 0. The van der Waals surface area contributed by atoms with E-state index in [1.54, 1.807) is 20.8 Å². The molecule has 1 atom stereocenters. The van der Waals surface area contributed by atoms with Gasteiger partial charge in [-0.3, -0.25) is 0 Å². The predicted octanol–water partition coefficient (Wildman–Crippen LogP) is 2.83. The van der Waals surface area contributed by atoms with Crippen molar-refractivity contribution in [2.24, 2.45) is 0 Å². The first-order valence-corrected chi connectivity index (χ1v) is 13.9. The average molecular weight is 531 g/mol. The van der Waals surface area contributed by atoms with Gasteiger partial charge < -0.3 is 18.9 Å². The summed E-state index contributed by atoms with van der Waals surface area (Å²) in [5.74, 6) is 1.37. The van der Waals surface area contributed by atoms with Crippen LogP contribution in [0.15, 0.2) is 46.2 Å². The average Bonchev–Trinajstić information content (AvgIpc) is 2.86. The number of benzene rings is 2. The molecule has 0 radical (unpaired) electrons. The predicted molar refractivity (Wildman–Crippen MR) is 133 cm³/mol. The van der Waals surface area contributed by atoms with E-state index in [2.05, 4.69) is 0 Å². The highest BCUT2D eigenvalue weighted by Gasteiger charge is 2.33. The summed E-state index contributed by atoms with van der Waals surface area (Å²) in [6.07, 6.45) is 0. The molecule has 0 bridgehead atoms. The summed E-state index contributed by atoms with van der Waals surface area (Å²) in [6.45, 7) is 5.32. The summed E-state index contributed by atoms with van der Waals surface area (Å²) in [4.78, 5) is 0.0460. The summed E-state index contributed by atoms with van der Waals surface area (Å²) < 4.78 is 77.0. The summed E-state index contributed by atoms with van der Waals surface area (Å²) in [6, 6.07) is 8.02. The van der Waals surface area contributed by atoms with E-state index in [1.165, 1.54) is 73.4 Å². The van der Waals surface area contributed by atoms with E-state index in [1.807, 2.05) is 0 Å². The van der Waals surface area contributed by atoms with E-state index in [9.17, 15) is 16.8 Å². The fourth-order valence-electron chi connectivity index (χ4n) is 3.74. The Bertz CT molecular complexity index is 1220. The minimum atomic E-state index is -3.95. The second-order valence-corrected chi connectivity index (χ2v) is 11.4. The minimum Gasteiger partial charge on any atom is -0.493 e. The van der Waals surface area contributed by atoms with E-state index in [0.717, 1.165) is 0 Å². The first kappa shape index (κ1) is 28.7. The van der Waals surface area contributed by atoms with Gasteiger partial charge in [-0.1, -0.05) is 13.8 Å². The third kappa shape index (κ3) is 6.00. The van der Waals surface area contributed by atoms with E-state index in [0.29, 0.717) is 11.5 Å². The molecule has 0 saturated carbocycles. The van der Waals surface area contributed by atoms with Crippen molar-refractivity contribution < 1.29 is 35.8 Å². The molecule has 10 nitrogen and oxygen atoms in total. The Labute approximate surface area is 208 Å². The van der Waals surface area contributed by atoms with E-state index >= 15 is 0 Å². The largest absolute Gasteiger partial charge is 0.493 e. The van der Waals surface area contributed by atoms with Gasteiger partial charge in [-0.05, 0) is 31.2 Å². The Morgan fingerprint density at radius 2 is 1.11 bits per heavy atom. The molecule has 0 aliphatic carbocycles. The highest BCUT2D eigenvalue weighted by Crippen LogP contribution is 2.32. The zero-order chi connectivity index (χ0) is 26.4. The molecule has 0 N–H and O–H groups in total. The third-order valence-electron chi connectivity index (χ3n) is 5.58. The summed E-state index contributed by atoms with van der Waals surface area (Å²) in [5.41, 5.74) is 0. The van der Waals surface area contributed by atoms with Crippen LogP contribution in [0.3, 0.4) is 0 Å². The number of methoxy groups -OCH3 is 4. The van der Waals surface area contributed by atoms with Gasteiger partial charge in [0.25, 0.3) is 0 Å². The number of likely N-dealkylation sites (N-methyl/N-ethyl adjacent to an activating group) is 2. The van der Waals surface area contributed by atoms with E-state index in [-0.39, 0.29) is 40.9 Å². The molecule has 2 aromatic rings. The molecule has 0 amide bonds. The van der Waals surface area contributed by atoms with Crippen LogP contribution in [-0.2, 0) is 20.0 Å². The maximum absolute atomic E-state index is 13.4. The monoisotopic (exact) mass is 530 g/mol. The maximum Gasteiger partial charge on any atom is 0.243 e. The molecule has 2 aromatic carbocycles. The molecular weight excluding hydrogens is 496 g/mol. The molecule has 35 heavy (non-hydrogen) atoms. The van der Waals surface area contributed by atoms with Crippen LogP contribution in [0.5, 0.6) is 23.0 Å². The van der Waals surface area contributed by atoms with Crippen LogP contribution in [0.1, 0.15) is 20.8 Å². The van der Waals surface area contributed by atoms with Crippen molar-refractivity contribution in [3.05, 3.63) is 36.4 Å². The molecule has 0 fully saturated rings. The van der Waals surface area contributed by atoms with Crippen LogP contribution < -0.4 is 18.9 Å². The molecule has 196 valence electrons. The highest BCUT2D eigenvalue weighted by molar-refractivity contribution is 7.89. The zero-order valence-electron chi connectivity index (χ0n) is 21.1. The molecule has 0 spiro atoms. The van der Waals surface area contributed by atoms with E-state index < -0.39 is 26.1 Å². The Morgan fingerprint density at radius 1 is 0.686 bits per heavy atom. The molecule has 12 heteroatoms. The molecular formula is C23H34N2O8S2. The topological polar surface area (TPSA) is 112 Å². The molecule has 1 unspecified atom stereocenters. The van der Waals surface area contributed by atoms with Gasteiger partial charge in [0.2, 0.25) is 20.0 Å². The smallest absolute Gasteiger partial charge is 0.243 e. The Balaban J connectivity index is 2.38. The lowest BCUT2D eigenvalue weighted by atomic mass is 10.3. The molecule has 0 aromatic heterocycles. The number of ether oxygens (including phenoxy) is 4. The van der Waals surface area contributed by atoms with Gasteiger partial charge in [-0.15, -0.1) is 0 Å². The number of nitrogens with zero attached hydrogens (tertiary/aromatic N) is 2. The van der Waals surface area contributed by atoms with Crippen molar-refractivity contribution in [3.8, 4) is 23.0 Å². The van der Waals surface area contributed by atoms with Crippen LogP contribution >= 0.6 is 0 Å². The minimum absolute atomic E-state index is 0.0228. The van der Waals surface area contributed by atoms with Gasteiger partial charge in [-0.25, -0.2) is 16.8 Å². The number of hydrogen-bond acceptors (Lipinski definition) is 8. The highest BCUT2D eigenvalue weighted by atomic mass is 32.2. The van der Waals surface area contributed by atoms with Crippen molar-refractivity contribution in [2.75, 3.05) is 48.1 Å². The second kappa shape index (κ2) is 11.9. The summed E-state index contributed by atoms with van der Waals surface area (Å²) in [5, 5.41) is 0. The van der Waals surface area contributed by atoms with Crippen LogP contribution in [-0.4, -0.2) is 79.6 Å². The van der Waals surface area contributed by atoms with Crippen molar-refractivity contribution in [1.29, 1.82) is 0 Å². The number of rotatable bonds is 13. The first-order chi connectivity index (χ1) is 16.5. The standard InChI is InChI=1S/C23H34N2O8S2/c1-8-24(34(26,27)18-10-12-20(30-4)22(14-18)32-6)16-17(3)25(9-2)35(28,29)19-11-13-21(31-5)23(15-19)33-7/h10-15,17H,8-9,16H2,1-7H3. The second-order valence-electron chi connectivity index (χ2n) is 7.55. The van der Waals surface area contributed by atoms with Gasteiger partial charge in [0, 0.05) is 37.8 Å². The fourth-order valence-corrected chi connectivity index (χ4v) is 6.93. The number of sulfonamides is 2. The quantitative estimate of drug-likeness (QED) is 0.389. The lowest BCUT2D eigenvalue weighted by Crippen LogP contribution is -2.46. The fraction of sp³-hybridized carbons (Fsp3) is 0.478. The molecule has 0 aliphatic rings. The maximum atomic E-state index is 13.4.